The number of aromatic amines is 1. The van der Waals surface area contributed by atoms with E-state index in [2.05, 4.69) is 9.97 Å². The third-order valence-electron chi connectivity index (χ3n) is 2.24. The highest BCUT2D eigenvalue weighted by molar-refractivity contribution is 6.35. The molecule has 0 saturated carbocycles. The molecule has 0 unspecified atom stereocenters. The van der Waals surface area contributed by atoms with E-state index in [0.717, 1.165) is 11.3 Å². The Hall–Kier alpha value is -1.26. The Kier molecular flexibility index (Phi) is 2.54. The standard InChI is InChI=1S/C10H11ClN2O2/c1-5-12-8-7(11)3-6(4-14)10(15-2)9(8)13-5/h3,14H,4H2,1-2H3,(H,12,13). The molecule has 0 aliphatic heterocycles. The van der Waals surface area contributed by atoms with E-state index in [1.807, 2.05) is 6.92 Å². The van der Waals surface area contributed by atoms with Crippen LogP contribution in [-0.2, 0) is 6.61 Å². The Morgan fingerprint density at radius 2 is 2.33 bits per heavy atom. The monoisotopic (exact) mass is 226 g/mol. The Morgan fingerprint density at radius 3 is 2.93 bits per heavy atom. The van der Waals surface area contributed by atoms with Crippen molar-refractivity contribution in [2.45, 2.75) is 13.5 Å². The van der Waals surface area contributed by atoms with Gasteiger partial charge in [-0.1, -0.05) is 11.6 Å². The Bertz CT molecular complexity index is 508. The molecule has 0 fully saturated rings. The van der Waals surface area contributed by atoms with Gasteiger partial charge in [-0.15, -0.1) is 0 Å². The van der Waals surface area contributed by atoms with Crippen LogP contribution in [0.1, 0.15) is 11.4 Å². The molecule has 15 heavy (non-hydrogen) atoms. The van der Waals surface area contributed by atoms with Gasteiger partial charge in [-0.25, -0.2) is 4.98 Å². The van der Waals surface area contributed by atoms with Gasteiger partial charge in [0.05, 0.1) is 18.7 Å². The van der Waals surface area contributed by atoms with Gasteiger partial charge in [0.1, 0.15) is 22.6 Å². The number of nitrogens with zero attached hydrogens (tertiary/aromatic N) is 1. The summed E-state index contributed by atoms with van der Waals surface area (Å²) in [5.74, 6) is 1.36. The average molecular weight is 227 g/mol. The smallest absolute Gasteiger partial charge is 0.150 e. The Balaban J connectivity index is 2.84. The number of hydrogen-bond acceptors (Lipinski definition) is 3. The van der Waals surface area contributed by atoms with Gasteiger partial charge in [-0.2, -0.15) is 0 Å². The molecule has 0 atom stereocenters. The lowest BCUT2D eigenvalue weighted by molar-refractivity contribution is 0.274. The van der Waals surface area contributed by atoms with E-state index in [0.29, 0.717) is 21.9 Å². The lowest BCUT2D eigenvalue weighted by Crippen LogP contribution is -1.93. The van der Waals surface area contributed by atoms with Crippen LogP contribution < -0.4 is 4.74 Å². The molecular formula is C10H11ClN2O2. The first kappa shape index (κ1) is 10.3. The summed E-state index contributed by atoms with van der Waals surface area (Å²) in [6.07, 6.45) is 0. The van der Waals surface area contributed by atoms with E-state index < -0.39 is 0 Å². The maximum Gasteiger partial charge on any atom is 0.150 e. The number of ether oxygens (including phenoxy) is 1. The van der Waals surface area contributed by atoms with Crippen molar-refractivity contribution in [3.63, 3.8) is 0 Å². The van der Waals surface area contributed by atoms with Crippen LogP contribution in [0.25, 0.3) is 11.0 Å². The van der Waals surface area contributed by atoms with Crippen LogP contribution >= 0.6 is 11.6 Å². The van der Waals surface area contributed by atoms with Crippen molar-refractivity contribution >= 4 is 22.6 Å². The van der Waals surface area contributed by atoms with Crippen LogP contribution in [0.3, 0.4) is 0 Å². The van der Waals surface area contributed by atoms with Crippen LogP contribution in [0, 0.1) is 6.92 Å². The van der Waals surface area contributed by atoms with Gasteiger partial charge in [0, 0.05) is 5.56 Å². The summed E-state index contributed by atoms with van der Waals surface area (Å²) >= 11 is 6.03. The van der Waals surface area contributed by atoms with Crippen molar-refractivity contribution in [1.82, 2.24) is 9.97 Å². The number of aryl methyl sites for hydroxylation is 1. The number of nitrogens with one attached hydrogen (secondary N) is 1. The highest BCUT2D eigenvalue weighted by Gasteiger charge is 2.14. The predicted molar refractivity (Wildman–Crippen MR) is 58.3 cm³/mol. The lowest BCUT2D eigenvalue weighted by Gasteiger charge is -2.07. The summed E-state index contributed by atoms with van der Waals surface area (Å²) in [5.41, 5.74) is 2.05. The molecule has 1 aromatic carbocycles. The van der Waals surface area contributed by atoms with E-state index in [-0.39, 0.29) is 6.61 Å². The van der Waals surface area contributed by atoms with Crippen molar-refractivity contribution in [2.24, 2.45) is 0 Å². The summed E-state index contributed by atoms with van der Waals surface area (Å²) in [7, 11) is 1.55. The number of fused-ring (bicyclic) bond motifs is 1. The van der Waals surface area contributed by atoms with Crippen LogP contribution in [0.15, 0.2) is 6.07 Å². The highest BCUT2D eigenvalue weighted by Crippen LogP contribution is 2.33. The molecular weight excluding hydrogens is 216 g/mol. The molecule has 0 saturated heterocycles. The summed E-state index contributed by atoms with van der Waals surface area (Å²) in [6, 6.07) is 1.67. The first-order valence-electron chi connectivity index (χ1n) is 4.50. The van der Waals surface area contributed by atoms with E-state index >= 15 is 0 Å². The topological polar surface area (TPSA) is 58.1 Å². The molecule has 2 N–H and O–H groups in total. The maximum absolute atomic E-state index is 9.17. The minimum atomic E-state index is -0.114. The number of aliphatic hydroxyl groups excluding tert-OH is 1. The first-order chi connectivity index (χ1) is 7.17. The predicted octanol–water partition coefficient (Wildman–Crippen LogP) is 2.03. The van der Waals surface area contributed by atoms with Crippen molar-refractivity contribution < 1.29 is 9.84 Å². The fourth-order valence-corrected chi connectivity index (χ4v) is 1.90. The van der Waals surface area contributed by atoms with Crippen LogP contribution in [-0.4, -0.2) is 22.2 Å². The number of aliphatic hydroxyl groups is 1. The number of benzene rings is 1. The lowest BCUT2D eigenvalue weighted by atomic mass is 10.2. The van der Waals surface area contributed by atoms with Crippen molar-refractivity contribution in [3.05, 3.63) is 22.5 Å². The Morgan fingerprint density at radius 1 is 1.60 bits per heavy atom. The molecule has 5 heteroatoms. The quantitative estimate of drug-likeness (QED) is 0.824. The average Bonchev–Trinajstić information content (AvgIpc) is 2.60. The minimum Gasteiger partial charge on any atom is -0.494 e. The molecule has 4 nitrogen and oxygen atoms in total. The zero-order chi connectivity index (χ0) is 11.0. The zero-order valence-corrected chi connectivity index (χ0v) is 9.22. The SMILES string of the molecule is COc1c(CO)cc(Cl)c2nc(C)[nH]c12. The molecule has 80 valence electrons. The van der Waals surface area contributed by atoms with Gasteiger partial charge in [-0.3, -0.25) is 0 Å². The van der Waals surface area contributed by atoms with E-state index in [1.54, 1.807) is 13.2 Å². The third kappa shape index (κ3) is 1.56. The van der Waals surface area contributed by atoms with E-state index in [9.17, 15) is 0 Å². The molecule has 0 amide bonds. The van der Waals surface area contributed by atoms with Crippen molar-refractivity contribution in [2.75, 3.05) is 7.11 Å². The molecule has 0 radical (unpaired) electrons. The molecule has 0 bridgehead atoms. The number of halogens is 1. The summed E-state index contributed by atoms with van der Waals surface area (Å²) in [6.45, 7) is 1.73. The fourth-order valence-electron chi connectivity index (χ4n) is 1.63. The summed E-state index contributed by atoms with van der Waals surface area (Å²) in [4.78, 5) is 7.31. The van der Waals surface area contributed by atoms with Gasteiger partial charge in [-0.05, 0) is 13.0 Å². The molecule has 2 aromatic rings. The summed E-state index contributed by atoms with van der Waals surface area (Å²) < 4.78 is 5.23. The van der Waals surface area contributed by atoms with Gasteiger partial charge in [0.2, 0.25) is 0 Å². The summed E-state index contributed by atoms with van der Waals surface area (Å²) in [5, 5.41) is 9.68. The third-order valence-corrected chi connectivity index (χ3v) is 2.53. The van der Waals surface area contributed by atoms with Crippen LogP contribution in [0.2, 0.25) is 5.02 Å². The number of hydrogen-bond donors (Lipinski definition) is 2. The number of H-pyrrole nitrogens is 1. The van der Waals surface area contributed by atoms with Crippen LogP contribution in [0.4, 0.5) is 0 Å². The zero-order valence-electron chi connectivity index (χ0n) is 8.47. The molecule has 1 heterocycles. The second-order valence-electron chi connectivity index (χ2n) is 3.25. The van der Waals surface area contributed by atoms with Crippen LogP contribution in [0.5, 0.6) is 5.75 Å². The molecule has 0 spiro atoms. The van der Waals surface area contributed by atoms with Gasteiger partial charge < -0.3 is 14.8 Å². The fraction of sp³-hybridized carbons (Fsp3) is 0.300. The van der Waals surface area contributed by atoms with E-state index in [4.69, 9.17) is 21.4 Å². The second-order valence-corrected chi connectivity index (χ2v) is 3.66. The molecule has 1 aromatic heterocycles. The number of rotatable bonds is 2. The molecule has 0 aliphatic carbocycles. The maximum atomic E-state index is 9.17. The first-order valence-corrected chi connectivity index (χ1v) is 4.87. The number of methoxy groups -OCH3 is 1. The largest absolute Gasteiger partial charge is 0.494 e. The molecule has 2 rings (SSSR count). The Labute approximate surface area is 91.8 Å². The van der Waals surface area contributed by atoms with Gasteiger partial charge >= 0.3 is 0 Å². The normalized spacial score (nSPS) is 10.9. The van der Waals surface area contributed by atoms with Crippen molar-refractivity contribution in [3.8, 4) is 5.75 Å². The van der Waals surface area contributed by atoms with Gasteiger partial charge in [0.25, 0.3) is 0 Å². The number of imidazole rings is 1. The highest BCUT2D eigenvalue weighted by atomic mass is 35.5. The van der Waals surface area contributed by atoms with Crippen molar-refractivity contribution in [1.29, 1.82) is 0 Å². The van der Waals surface area contributed by atoms with E-state index in [1.165, 1.54) is 0 Å². The second kappa shape index (κ2) is 3.72. The number of aromatic nitrogens is 2. The van der Waals surface area contributed by atoms with Gasteiger partial charge in [0.15, 0.2) is 0 Å². The molecule has 0 aliphatic rings. The minimum absolute atomic E-state index is 0.114.